The average Bonchev–Trinajstić information content (AvgIpc) is 2.72. The third-order valence-corrected chi connectivity index (χ3v) is 6.54. The molecule has 2 aliphatic rings. The lowest BCUT2D eigenvalue weighted by Crippen LogP contribution is -2.38. The van der Waals surface area contributed by atoms with E-state index in [4.69, 9.17) is 4.55 Å². The van der Waals surface area contributed by atoms with Gasteiger partial charge in [0.1, 0.15) is 5.25 Å². The van der Waals surface area contributed by atoms with Gasteiger partial charge >= 0.3 is 0 Å². The zero-order valence-corrected chi connectivity index (χ0v) is 13.3. The predicted octanol–water partition coefficient (Wildman–Crippen LogP) is 2.35. The second kappa shape index (κ2) is 5.18. The zero-order chi connectivity index (χ0) is 15.9. The Hall–Kier alpha value is -1.27. The first-order valence-electron chi connectivity index (χ1n) is 6.98. The van der Waals surface area contributed by atoms with Crippen LogP contribution in [-0.4, -0.2) is 29.0 Å². The van der Waals surface area contributed by atoms with E-state index in [1.807, 2.05) is 39.0 Å². The number of aromatic nitrogens is 1. The van der Waals surface area contributed by atoms with Crippen molar-refractivity contribution in [2.45, 2.75) is 38.9 Å². The van der Waals surface area contributed by atoms with E-state index >= 15 is 0 Å². The predicted molar refractivity (Wildman–Crippen MR) is 79.2 cm³/mol. The Morgan fingerprint density at radius 1 is 1.19 bits per heavy atom. The first-order chi connectivity index (χ1) is 9.62. The molecule has 6 heteroatoms. The summed E-state index contributed by atoms with van der Waals surface area (Å²) >= 11 is 0. The molecule has 5 nitrogen and oxygen atoms in total. The normalized spacial score (nSPS) is 33.4. The van der Waals surface area contributed by atoms with Gasteiger partial charge in [0.2, 0.25) is 0 Å². The fourth-order valence-corrected chi connectivity index (χ4v) is 5.08. The van der Waals surface area contributed by atoms with Crippen molar-refractivity contribution in [1.82, 2.24) is 4.98 Å². The molecule has 3 atom stereocenters. The number of fused-ring (bicyclic) bond motifs is 2. The van der Waals surface area contributed by atoms with E-state index < -0.39 is 20.8 Å². The van der Waals surface area contributed by atoms with Gasteiger partial charge in [-0.25, -0.2) is 0 Å². The Kier molecular flexibility index (Phi) is 3.97. The fraction of sp³-hybridized carbons (Fsp3) is 0.600. The summed E-state index contributed by atoms with van der Waals surface area (Å²) in [6, 6.07) is 5.72. The molecule has 2 bridgehead atoms. The zero-order valence-electron chi connectivity index (χ0n) is 12.5. The van der Waals surface area contributed by atoms with Crippen molar-refractivity contribution in [2.75, 3.05) is 0 Å². The molecule has 0 amide bonds. The van der Waals surface area contributed by atoms with Crippen LogP contribution < -0.4 is 0 Å². The van der Waals surface area contributed by atoms with E-state index in [1.54, 1.807) is 12.4 Å². The number of carbonyl (C=O) groups is 1. The summed E-state index contributed by atoms with van der Waals surface area (Å²) in [6.45, 7) is 5.67. The van der Waals surface area contributed by atoms with Crippen LogP contribution in [0.2, 0.25) is 0 Å². The summed E-state index contributed by atoms with van der Waals surface area (Å²) in [4.78, 5) is 15.8. The molecule has 2 fully saturated rings. The smallest absolute Gasteiger partial charge is 0.275 e. The number of rotatable bonds is 1. The Morgan fingerprint density at radius 3 is 2.00 bits per heavy atom. The van der Waals surface area contributed by atoms with Gasteiger partial charge in [0, 0.05) is 17.8 Å². The molecule has 21 heavy (non-hydrogen) atoms. The minimum absolute atomic E-state index is 0.231. The van der Waals surface area contributed by atoms with Crippen molar-refractivity contribution in [3.8, 4) is 0 Å². The molecule has 0 aliphatic heterocycles. The summed E-state index contributed by atoms with van der Waals surface area (Å²) < 4.78 is 31.5. The molecule has 0 spiro atoms. The van der Waals surface area contributed by atoms with Crippen molar-refractivity contribution >= 4 is 15.9 Å². The molecule has 1 N–H and O–H groups in total. The first-order valence-corrected chi connectivity index (χ1v) is 8.48. The van der Waals surface area contributed by atoms with Crippen LogP contribution in [0.5, 0.6) is 0 Å². The minimum Gasteiger partial charge on any atom is -0.297 e. The van der Waals surface area contributed by atoms with Gasteiger partial charge in [-0.3, -0.25) is 14.3 Å². The lowest BCUT2D eigenvalue weighted by atomic mass is 9.70. The van der Waals surface area contributed by atoms with E-state index in [0.717, 1.165) is 6.42 Å². The molecular formula is C15H21NO4S. The number of hydrogen-bond donors (Lipinski definition) is 1. The minimum atomic E-state index is -4.24. The topological polar surface area (TPSA) is 84.3 Å². The molecule has 0 aromatic carbocycles. The number of Topliss-reactive ketones (excluding diaryl/α,β-unsaturated/α-hetero) is 1. The maximum absolute atomic E-state index is 12.0. The number of nitrogens with zero attached hydrogens (tertiary/aromatic N) is 1. The largest absolute Gasteiger partial charge is 0.297 e. The molecular weight excluding hydrogens is 290 g/mol. The molecule has 1 aromatic heterocycles. The van der Waals surface area contributed by atoms with E-state index in [-0.39, 0.29) is 17.1 Å². The Bertz CT molecular complexity index is 600. The van der Waals surface area contributed by atoms with E-state index in [2.05, 4.69) is 4.98 Å². The average molecular weight is 311 g/mol. The summed E-state index contributed by atoms with van der Waals surface area (Å²) in [5.74, 6) is -0.531. The standard InChI is InChI=1S/C10H16O4S.C5H5N/c1-9(2)6-4-5-10(9,3)8(11)7(6)15(12,13)14;1-2-4-6-5-3-1/h6-7H,4-5H2,1-3H3,(H,12,13,14);1-5H. The van der Waals surface area contributed by atoms with Gasteiger partial charge in [-0.1, -0.05) is 26.8 Å². The van der Waals surface area contributed by atoms with Crippen LogP contribution in [0.1, 0.15) is 33.6 Å². The Labute approximate surface area is 125 Å². The first kappa shape index (κ1) is 16.1. The molecule has 2 saturated carbocycles. The van der Waals surface area contributed by atoms with Gasteiger partial charge in [0.25, 0.3) is 10.1 Å². The van der Waals surface area contributed by atoms with Crippen LogP contribution in [0.25, 0.3) is 0 Å². The molecule has 0 saturated heterocycles. The second-order valence-electron chi connectivity index (χ2n) is 6.52. The number of carbonyl (C=O) groups excluding carboxylic acids is 1. The Morgan fingerprint density at radius 2 is 1.76 bits per heavy atom. The summed E-state index contributed by atoms with van der Waals surface area (Å²) in [6.07, 6.45) is 4.94. The maximum Gasteiger partial charge on any atom is 0.275 e. The van der Waals surface area contributed by atoms with Crippen LogP contribution in [0, 0.1) is 16.7 Å². The molecule has 1 heterocycles. The number of hydrogen-bond acceptors (Lipinski definition) is 4. The molecule has 1 aromatic rings. The van der Waals surface area contributed by atoms with Crippen LogP contribution in [0.15, 0.2) is 30.6 Å². The van der Waals surface area contributed by atoms with Crippen LogP contribution in [-0.2, 0) is 14.9 Å². The SMILES string of the molecule is CC12CCC(C(S(=O)(=O)O)C1=O)C2(C)C.c1ccncc1. The van der Waals surface area contributed by atoms with Gasteiger partial charge in [-0.15, -0.1) is 0 Å². The molecule has 0 radical (unpaired) electrons. The molecule has 116 valence electrons. The monoisotopic (exact) mass is 311 g/mol. The van der Waals surface area contributed by atoms with Gasteiger partial charge < -0.3 is 0 Å². The quantitative estimate of drug-likeness (QED) is 0.805. The summed E-state index contributed by atoms with van der Waals surface area (Å²) in [5, 5.41) is -1.19. The van der Waals surface area contributed by atoms with E-state index in [9.17, 15) is 13.2 Å². The highest BCUT2D eigenvalue weighted by atomic mass is 32.2. The van der Waals surface area contributed by atoms with E-state index in [0.29, 0.717) is 6.42 Å². The fourth-order valence-electron chi connectivity index (χ4n) is 3.66. The maximum atomic E-state index is 12.0. The second-order valence-corrected chi connectivity index (χ2v) is 8.06. The lowest BCUT2D eigenvalue weighted by Gasteiger charge is -2.32. The van der Waals surface area contributed by atoms with Gasteiger partial charge in [-0.2, -0.15) is 8.42 Å². The third kappa shape index (κ3) is 2.51. The third-order valence-electron chi connectivity index (χ3n) is 5.36. The van der Waals surface area contributed by atoms with Gasteiger partial charge in [-0.05, 0) is 36.3 Å². The lowest BCUT2D eigenvalue weighted by molar-refractivity contribution is -0.128. The van der Waals surface area contributed by atoms with Crippen LogP contribution in [0.3, 0.4) is 0 Å². The molecule has 3 rings (SSSR count). The van der Waals surface area contributed by atoms with Crippen molar-refractivity contribution < 1.29 is 17.8 Å². The highest BCUT2D eigenvalue weighted by Crippen LogP contribution is 2.64. The highest BCUT2D eigenvalue weighted by Gasteiger charge is 2.69. The highest BCUT2D eigenvalue weighted by molar-refractivity contribution is 7.87. The molecule has 2 aliphatic carbocycles. The van der Waals surface area contributed by atoms with Gasteiger partial charge in [0.05, 0.1) is 0 Å². The summed E-state index contributed by atoms with van der Waals surface area (Å²) in [5.41, 5.74) is -0.914. The van der Waals surface area contributed by atoms with Crippen LogP contribution >= 0.6 is 0 Å². The van der Waals surface area contributed by atoms with Gasteiger partial charge in [0.15, 0.2) is 5.78 Å². The van der Waals surface area contributed by atoms with Crippen LogP contribution in [0.4, 0.5) is 0 Å². The van der Waals surface area contributed by atoms with Crippen molar-refractivity contribution in [1.29, 1.82) is 0 Å². The van der Waals surface area contributed by atoms with Crippen molar-refractivity contribution in [3.63, 3.8) is 0 Å². The number of pyridine rings is 1. The van der Waals surface area contributed by atoms with E-state index in [1.165, 1.54) is 0 Å². The summed E-state index contributed by atoms with van der Waals surface area (Å²) in [7, 11) is -4.24. The number of ketones is 1. The Balaban J connectivity index is 0.000000225. The van der Waals surface area contributed by atoms with Crippen molar-refractivity contribution in [2.24, 2.45) is 16.7 Å². The molecule has 3 unspecified atom stereocenters. The van der Waals surface area contributed by atoms with Crippen molar-refractivity contribution in [3.05, 3.63) is 30.6 Å².